The molecule has 0 aromatic carbocycles. The molecular formula is C16H30O7Si. The summed E-state index contributed by atoms with van der Waals surface area (Å²) in [6.45, 7) is 10.3. The van der Waals surface area contributed by atoms with Crippen molar-refractivity contribution in [3.63, 3.8) is 0 Å². The topological polar surface area (TPSA) is 74.5 Å². The molecule has 3 saturated heterocycles. The van der Waals surface area contributed by atoms with Gasteiger partial charge in [-0.25, -0.2) is 0 Å². The summed E-state index contributed by atoms with van der Waals surface area (Å²) in [5.41, 5.74) is -0.217. The Balaban J connectivity index is 1.63. The van der Waals surface area contributed by atoms with Crippen LogP contribution in [0.5, 0.6) is 0 Å². The van der Waals surface area contributed by atoms with E-state index in [4.69, 9.17) is 32.8 Å². The highest BCUT2D eigenvalue weighted by atomic mass is 28.4. The van der Waals surface area contributed by atoms with Gasteiger partial charge in [-0.2, -0.15) is 0 Å². The summed E-state index contributed by atoms with van der Waals surface area (Å²) in [7, 11) is -0.780. The molecule has 3 rings (SSSR count). The van der Waals surface area contributed by atoms with E-state index in [1.165, 1.54) is 0 Å². The maximum absolute atomic E-state index is 6.12. The van der Waals surface area contributed by atoms with Gasteiger partial charge in [0.1, 0.15) is 18.3 Å². The van der Waals surface area contributed by atoms with E-state index in [-0.39, 0.29) is 35.5 Å². The first-order chi connectivity index (χ1) is 11.6. The zero-order valence-corrected chi connectivity index (χ0v) is 16.1. The maximum Gasteiger partial charge on any atom is 0.276 e. The van der Waals surface area contributed by atoms with Gasteiger partial charge >= 0.3 is 0 Å². The summed E-state index contributed by atoms with van der Waals surface area (Å²) in [5.74, 6) is 0. The lowest BCUT2D eigenvalue weighted by molar-refractivity contribution is 0.0123. The van der Waals surface area contributed by atoms with Gasteiger partial charge in [0, 0.05) is 7.11 Å². The first-order valence-electron chi connectivity index (χ1n) is 8.81. The predicted octanol–water partition coefficient (Wildman–Crippen LogP) is 0.608. The van der Waals surface area contributed by atoms with Crippen molar-refractivity contribution in [1.29, 1.82) is 0 Å². The van der Waals surface area contributed by atoms with E-state index in [0.29, 0.717) is 19.8 Å². The highest BCUT2D eigenvalue weighted by molar-refractivity contribution is 6.77. The molecule has 0 spiro atoms. The van der Waals surface area contributed by atoms with Gasteiger partial charge in [0.15, 0.2) is 0 Å². The van der Waals surface area contributed by atoms with Crippen LogP contribution in [0.2, 0.25) is 0 Å². The molecule has 0 aromatic rings. The standard InChI is InChI=1S/C16H30O7Si/c1-11(18-5-14-8-21-14)24(17-4,12(2)19-6-15-9-22-15)13(3)20-7-16-10-23-16/h11-16H,5-10H2,1-4H3. The monoisotopic (exact) mass is 362 g/mol. The molecule has 0 aromatic heterocycles. The number of epoxide rings is 3. The molecule has 0 bridgehead atoms. The Bertz CT molecular complexity index is 343. The normalized spacial score (nSPS) is 34.2. The number of hydrogen-bond acceptors (Lipinski definition) is 7. The molecule has 24 heavy (non-hydrogen) atoms. The Labute approximate surface area is 144 Å². The third-order valence-electron chi connectivity index (χ3n) is 5.06. The molecule has 0 aliphatic carbocycles. The molecule has 3 heterocycles. The third-order valence-corrected chi connectivity index (χ3v) is 10.1. The van der Waals surface area contributed by atoms with Crippen molar-refractivity contribution in [3.8, 4) is 0 Å². The minimum atomic E-state index is -2.53. The summed E-state index contributed by atoms with van der Waals surface area (Å²) >= 11 is 0. The highest BCUT2D eigenvalue weighted by Gasteiger charge is 2.53. The molecule has 7 nitrogen and oxygen atoms in total. The predicted molar refractivity (Wildman–Crippen MR) is 88.2 cm³/mol. The largest absolute Gasteiger partial charge is 0.413 e. The lowest BCUT2D eigenvalue weighted by atomic mass is 10.5. The summed E-state index contributed by atoms with van der Waals surface area (Å²) in [6.07, 6.45) is 0.676. The van der Waals surface area contributed by atoms with Gasteiger partial charge in [-0.1, -0.05) is 0 Å². The zero-order chi connectivity index (χ0) is 17.2. The van der Waals surface area contributed by atoms with E-state index in [1.807, 2.05) is 0 Å². The Hall–Kier alpha value is -0.0631. The first-order valence-corrected chi connectivity index (χ1v) is 10.9. The number of rotatable bonds is 13. The Morgan fingerprint density at radius 2 is 1.04 bits per heavy atom. The van der Waals surface area contributed by atoms with E-state index in [9.17, 15) is 0 Å². The van der Waals surface area contributed by atoms with Crippen molar-refractivity contribution in [1.82, 2.24) is 0 Å². The van der Waals surface area contributed by atoms with Crippen molar-refractivity contribution >= 4 is 8.32 Å². The van der Waals surface area contributed by atoms with Crippen LogP contribution in [0.4, 0.5) is 0 Å². The second-order valence-corrected chi connectivity index (χ2v) is 11.4. The lowest BCUT2D eigenvalue weighted by Crippen LogP contribution is -2.67. The maximum atomic E-state index is 6.12. The van der Waals surface area contributed by atoms with Crippen LogP contribution in [0.25, 0.3) is 0 Å². The quantitative estimate of drug-likeness (QED) is 0.351. The molecule has 6 atom stereocenters. The van der Waals surface area contributed by atoms with Crippen LogP contribution in [0.3, 0.4) is 0 Å². The Kier molecular flexibility index (Phi) is 6.31. The third kappa shape index (κ3) is 4.76. The van der Waals surface area contributed by atoms with Crippen LogP contribution in [-0.4, -0.2) is 90.6 Å². The van der Waals surface area contributed by atoms with Crippen molar-refractivity contribution in [2.75, 3.05) is 46.8 Å². The molecular weight excluding hydrogens is 332 g/mol. The SMILES string of the molecule is CO[Si](C(C)OCC1CO1)(C(C)OCC1CO1)C(C)OCC1CO1. The lowest BCUT2D eigenvalue weighted by Gasteiger charge is -2.43. The average molecular weight is 362 g/mol. The van der Waals surface area contributed by atoms with Crippen molar-refractivity contribution < 1.29 is 32.8 Å². The van der Waals surface area contributed by atoms with E-state index >= 15 is 0 Å². The van der Waals surface area contributed by atoms with Gasteiger partial charge in [0.05, 0.1) is 56.8 Å². The molecule has 0 amide bonds. The zero-order valence-electron chi connectivity index (χ0n) is 15.1. The van der Waals surface area contributed by atoms with E-state index in [1.54, 1.807) is 7.11 Å². The van der Waals surface area contributed by atoms with Crippen LogP contribution >= 0.6 is 0 Å². The molecule has 140 valence electrons. The molecule has 0 N–H and O–H groups in total. The fourth-order valence-electron chi connectivity index (χ4n) is 3.13. The van der Waals surface area contributed by atoms with Crippen LogP contribution in [0.1, 0.15) is 20.8 Å². The fraction of sp³-hybridized carbons (Fsp3) is 1.00. The number of hydrogen-bond donors (Lipinski definition) is 0. The van der Waals surface area contributed by atoms with Crippen LogP contribution in [0.15, 0.2) is 0 Å². The fourth-order valence-corrected chi connectivity index (χ4v) is 7.18. The molecule has 0 radical (unpaired) electrons. The van der Waals surface area contributed by atoms with Gasteiger partial charge < -0.3 is 32.8 Å². The van der Waals surface area contributed by atoms with Crippen LogP contribution in [0, 0.1) is 0 Å². The van der Waals surface area contributed by atoms with E-state index in [0.717, 1.165) is 19.8 Å². The average Bonchev–Trinajstić information content (AvgIpc) is 3.43. The molecule has 3 aliphatic rings. The van der Waals surface area contributed by atoms with E-state index in [2.05, 4.69) is 20.8 Å². The second kappa shape index (κ2) is 8.09. The first kappa shape index (κ1) is 18.7. The second-order valence-electron chi connectivity index (χ2n) is 6.85. The smallest absolute Gasteiger partial charge is 0.276 e. The molecule has 3 aliphatic heterocycles. The summed E-state index contributed by atoms with van der Waals surface area (Å²) in [5, 5.41) is 0. The van der Waals surface area contributed by atoms with Crippen LogP contribution < -0.4 is 0 Å². The summed E-state index contributed by atoms with van der Waals surface area (Å²) < 4.78 is 40.2. The van der Waals surface area contributed by atoms with Gasteiger partial charge in [-0.05, 0) is 20.8 Å². The summed E-state index contributed by atoms with van der Waals surface area (Å²) in [4.78, 5) is 0. The summed E-state index contributed by atoms with van der Waals surface area (Å²) in [6, 6.07) is 0. The number of ether oxygens (including phenoxy) is 6. The molecule has 8 heteroatoms. The van der Waals surface area contributed by atoms with Crippen molar-refractivity contribution in [3.05, 3.63) is 0 Å². The van der Waals surface area contributed by atoms with Gasteiger partial charge in [0.2, 0.25) is 0 Å². The van der Waals surface area contributed by atoms with Crippen molar-refractivity contribution in [2.45, 2.75) is 56.3 Å². The minimum Gasteiger partial charge on any atom is -0.413 e. The van der Waals surface area contributed by atoms with E-state index < -0.39 is 8.32 Å². The van der Waals surface area contributed by atoms with Gasteiger partial charge in [-0.15, -0.1) is 0 Å². The molecule has 6 unspecified atom stereocenters. The minimum absolute atomic E-state index is 0.0723. The van der Waals surface area contributed by atoms with Gasteiger partial charge in [-0.3, -0.25) is 0 Å². The van der Waals surface area contributed by atoms with Gasteiger partial charge in [0.25, 0.3) is 8.32 Å². The Morgan fingerprint density at radius 1 is 0.750 bits per heavy atom. The van der Waals surface area contributed by atoms with Crippen LogP contribution in [-0.2, 0) is 32.8 Å². The Morgan fingerprint density at radius 3 is 1.25 bits per heavy atom. The molecule has 0 saturated carbocycles. The highest BCUT2D eigenvalue weighted by Crippen LogP contribution is 2.28. The van der Waals surface area contributed by atoms with Crippen molar-refractivity contribution in [2.24, 2.45) is 0 Å². The molecule has 3 fully saturated rings.